The van der Waals surface area contributed by atoms with Crippen molar-refractivity contribution < 1.29 is 24.8 Å². The predicted molar refractivity (Wildman–Crippen MR) is 122 cm³/mol. The summed E-state index contributed by atoms with van der Waals surface area (Å²) in [6.07, 6.45) is 21.9. The van der Waals surface area contributed by atoms with Crippen LogP contribution in [0.25, 0.3) is 0 Å². The van der Waals surface area contributed by atoms with E-state index >= 15 is 0 Å². The van der Waals surface area contributed by atoms with Crippen molar-refractivity contribution in [3.05, 3.63) is 12.3 Å². The quantitative estimate of drug-likeness (QED) is 0.182. The first-order valence-electron chi connectivity index (χ1n) is 12.6. The normalized spacial score (nSPS) is 22.7. The van der Waals surface area contributed by atoms with Gasteiger partial charge in [-0.2, -0.15) is 0 Å². The number of hydrogen-bond acceptors (Lipinski definition) is 5. The van der Waals surface area contributed by atoms with Gasteiger partial charge in [0.2, 0.25) is 0 Å². The molecule has 0 unspecified atom stereocenters. The Kier molecular flexibility index (Phi) is 17.4. The van der Waals surface area contributed by atoms with Crippen LogP contribution in [0.5, 0.6) is 0 Å². The Hall–Kier alpha value is -0.620. The largest absolute Gasteiger partial charge is 0.493 e. The minimum absolute atomic E-state index is 0.124. The third-order valence-electron chi connectivity index (χ3n) is 6.04. The highest BCUT2D eigenvalue weighted by Crippen LogP contribution is 2.21. The lowest BCUT2D eigenvalue weighted by atomic mass is 10.0. The third kappa shape index (κ3) is 12.9. The monoisotopic (exact) mass is 428 g/mol. The lowest BCUT2D eigenvalue weighted by molar-refractivity contribution is -0.0721. The van der Waals surface area contributed by atoms with E-state index in [-0.39, 0.29) is 6.61 Å². The highest BCUT2D eigenvalue weighted by Gasteiger charge is 2.41. The summed E-state index contributed by atoms with van der Waals surface area (Å²) in [5.41, 5.74) is 0. The molecule has 0 bridgehead atoms. The predicted octanol–water partition coefficient (Wildman–Crippen LogP) is 5.26. The molecule has 0 spiro atoms. The molecule has 0 saturated carbocycles. The fourth-order valence-corrected chi connectivity index (χ4v) is 4.07. The van der Waals surface area contributed by atoms with Gasteiger partial charge < -0.3 is 24.8 Å². The molecule has 0 aromatic carbocycles. The Morgan fingerprint density at radius 1 is 0.867 bits per heavy atom. The average molecular weight is 429 g/mol. The molecule has 4 atom stereocenters. The third-order valence-corrected chi connectivity index (χ3v) is 6.04. The van der Waals surface area contributed by atoms with E-state index in [2.05, 4.69) is 6.92 Å². The fourth-order valence-electron chi connectivity index (χ4n) is 4.07. The van der Waals surface area contributed by atoms with Crippen molar-refractivity contribution in [3.8, 4) is 0 Å². The van der Waals surface area contributed by atoms with Gasteiger partial charge >= 0.3 is 0 Å². The summed E-state index contributed by atoms with van der Waals surface area (Å²) in [4.78, 5) is 0. The lowest BCUT2D eigenvalue weighted by Gasteiger charge is -2.22. The molecule has 30 heavy (non-hydrogen) atoms. The molecule has 1 aliphatic heterocycles. The number of unbranched alkanes of at least 4 members (excludes halogenated alkanes) is 15. The molecule has 3 N–H and O–H groups in total. The van der Waals surface area contributed by atoms with Gasteiger partial charge in [-0.25, -0.2) is 0 Å². The van der Waals surface area contributed by atoms with Crippen LogP contribution in [0.4, 0.5) is 0 Å². The molecule has 1 heterocycles. The number of aliphatic hydroxyl groups excluding tert-OH is 3. The molecule has 0 aromatic rings. The molecule has 0 aliphatic carbocycles. The topological polar surface area (TPSA) is 79.2 Å². The zero-order chi connectivity index (χ0) is 21.9. The molecular formula is C25H48O5. The van der Waals surface area contributed by atoms with E-state index in [1.165, 1.54) is 89.9 Å². The standard InChI is InChI=1S/C25H48O5/c1-2-3-4-5-6-7-8-9-10-11-12-13-14-15-16-17-18-19-29-25-23(28)21-30-24(25)22(27)20-26/h18-19,22-28H,2-17,20-21H2,1H3/b19-18+/t22-,23+,24-,25-/m1/s1. The van der Waals surface area contributed by atoms with E-state index in [0.717, 1.165) is 12.8 Å². The van der Waals surface area contributed by atoms with Gasteiger partial charge in [-0.3, -0.25) is 0 Å². The van der Waals surface area contributed by atoms with Crippen LogP contribution in [0, 0.1) is 0 Å². The lowest BCUT2D eigenvalue weighted by Crippen LogP contribution is -2.41. The molecular weight excluding hydrogens is 380 g/mol. The second kappa shape index (κ2) is 19.1. The second-order valence-corrected chi connectivity index (χ2v) is 8.83. The summed E-state index contributed by atoms with van der Waals surface area (Å²) in [7, 11) is 0. The van der Waals surface area contributed by atoms with Crippen molar-refractivity contribution in [1.29, 1.82) is 0 Å². The highest BCUT2D eigenvalue weighted by atomic mass is 16.6. The maximum absolute atomic E-state index is 9.87. The molecule has 0 radical (unpaired) electrons. The number of aliphatic hydroxyl groups is 3. The first-order chi connectivity index (χ1) is 14.7. The molecule has 1 aliphatic rings. The van der Waals surface area contributed by atoms with Crippen molar-refractivity contribution in [2.24, 2.45) is 0 Å². The summed E-state index contributed by atoms with van der Waals surface area (Å²) in [5, 5.41) is 28.6. The van der Waals surface area contributed by atoms with Crippen LogP contribution in [-0.2, 0) is 9.47 Å². The van der Waals surface area contributed by atoms with Crippen LogP contribution in [0.3, 0.4) is 0 Å². The fraction of sp³-hybridized carbons (Fsp3) is 0.920. The molecule has 5 heteroatoms. The van der Waals surface area contributed by atoms with E-state index in [9.17, 15) is 10.2 Å². The first kappa shape index (κ1) is 27.4. The molecule has 1 fully saturated rings. The van der Waals surface area contributed by atoms with Gasteiger partial charge in [-0.15, -0.1) is 0 Å². The van der Waals surface area contributed by atoms with Gasteiger partial charge in [0, 0.05) is 0 Å². The van der Waals surface area contributed by atoms with Crippen molar-refractivity contribution >= 4 is 0 Å². The van der Waals surface area contributed by atoms with Crippen molar-refractivity contribution in [2.45, 2.75) is 134 Å². The summed E-state index contributed by atoms with van der Waals surface area (Å²) < 4.78 is 10.8. The number of ether oxygens (including phenoxy) is 2. The van der Waals surface area contributed by atoms with Gasteiger partial charge in [0.1, 0.15) is 18.3 Å². The van der Waals surface area contributed by atoms with Gasteiger partial charge in [0.15, 0.2) is 6.10 Å². The zero-order valence-corrected chi connectivity index (χ0v) is 19.4. The van der Waals surface area contributed by atoms with Crippen LogP contribution < -0.4 is 0 Å². The minimum Gasteiger partial charge on any atom is -0.493 e. The zero-order valence-electron chi connectivity index (χ0n) is 19.4. The Balaban J connectivity index is 1.86. The van der Waals surface area contributed by atoms with Crippen LogP contribution >= 0.6 is 0 Å². The van der Waals surface area contributed by atoms with E-state index in [0.29, 0.717) is 0 Å². The van der Waals surface area contributed by atoms with Gasteiger partial charge in [-0.1, -0.05) is 96.8 Å². The first-order valence-corrected chi connectivity index (χ1v) is 12.6. The molecule has 1 saturated heterocycles. The average Bonchev–Trinajstić information content (AvgIpc) is 3.12. The number of rotatable bonds is 20. The Morgan fingerprint density at radius 2 is 1.37 bits per heavy atom. The molecule has 5 nitrogen and oxygen atoms in total. The Labute approximate surface area is 184 Å². The van der Waals surface area contributed by atoms with Crippen molar-refractivity contribution in [1.82, 2.24) is 0 Å². The van der Waals surface area contributed by atoms with Gasteiger partial charge in [0.05, 0.1) is 19.5 Å². The van der Waals surface area contributed by atoms with Crippen LogP contribution in [0.2, 0.25) is 0 Å². The van der Waals surface area contributed by atoms with Crippen LogP contribution in [0.1, 0.15) is 110 Å². The summed E-state index contributed by atoms with van der Waals surface area (Å²) in [6.45, 7) is 2.00. The second-order valence-electron chi connectivity index (χ2n) is 8.83. The van der Waals surface area contributed by atoms with Crippen molar-refractivity contribution in [3.63, 3.8) is 0 Å². The van der Waals surface area contributed by atoms with E-state index in [1.807, 2.05) is 6.08 Å². The summed E-state index contributed by atoms with van der Waals surface area (Å²) in [6, 6.07) is 0. The highest BCUT2D eigenvalue weighted by molar-refractivity contribution is 4.91. The van der Waals surface area contributed by atoms with Crippen LogP contribution in [0.15, 0.2) is 12.3 Å². The number of allylic oxidation sites excluding steroid dienone is 1. The SMILES string of the molecule is CCCCCCCCCCCCCCCCC/C=C/O[C@H]1[C@@H]([C@H](O)CO)OC[C@@H]1O. The Morgan fingerprint density at radius 3 is 1.87 bits per heavy atom. The summed E-state index contributed by atoms with van der Waals surface area (Å²) >= 11 is 0. The molecule has 0 aromatic heterocycles. The molecule has 0 amide bonds. The van der Waals surface area contributed by atoms with Gasteiger partial charge in [0.25, 0.3) is 0 Å². The van der Waals surface area contributed by atoms with E-state index < -0.39 is 31.0 Å². The number of hydrogen-bond donors (Lipinski definition) is 3. The molecule has 178 valence electrons. The van der Waals surface area contributed by atoms with Crippen LogP contribution in [-0.4, -0.2) is 52.9 Å². The smallest absolute Gasteiger partial charge is 0.154 e. The minimum atomic E-state index is -1.03. The Bertz CT molecular complexity index is 401. The maximum atomic E-state index is 9.87. The molecule has 1 rings (SSSR count). The summed E-state index contributed by atoms with van der Waals surface area (Å²) in [5.74, 6) is 0. The van der Waals surface area contributed by atoms with Crippen molar-refractivity contribution in [2.75, 3.05) is 13.2 Å². The van der Waals surface area contributed by atoms with E-state index in [1.54, 1.807) is 6.26 Å². The van der Waals surface area contributed by atoms with E-state index in [4.69, 9.17) is 14.6 Å². The van der Waals surface area contributed by atoms with Gasteiger partial charge in [-0.05, 0) is 18.9 Å². The maximum Gasteiger partial charge on any atom is 0.154 e.